The monoisotopic (exact) mass is 209 g/mol. The Morgan fingerprint density at radius 2 is 2.07 bits per heavy atom. The summed E-state index contributed by atoms with van der Waals surface area (Å²) in [7, 11) is 0. The van der Waals surface area contributed by atoms with E-state index in [0.29, 0.717) is 19.4 Å². The van der Waals surface area contributed by atoms with Gasteiger partial charge in [0, 0.05) is 0 Å². The summed E-state index contributed by atoms with van der Waals surface area (Å²) in [6, 6.07) is -0.729. The lowest BCUT2D eigenvalue weighted by Gasteiger charge is -2.36. The molecular weight excluding hydrogens is 196 g/mol. The normalized spacial score (nSPS) is 24.9. The lowest BCUT2D eigenvalue weighted by atomic mass is 9.88. The summed E-state index contributed by atoms with van der Waals surface area (Å²) in [6.07, 6.45) is 0.944. The van der Waals surface area contributed by atoms with E-state index in [9.17, 15) is 17.7 Å². The van der Waals surface area contributed by atoms with E-state index >= 15 is 0 Å². The fraction of sp³-hybridized carbons (Fsp3) is 0.857. The fourth-order valence-electron chi connectivity index (χ4n) is 1.80. The maximum atomic E-state index is 12.1. The number of hydrogen-bond donors (Lipinski definition) is 1. The predicted molar refractivity (Wildman–Crippen MR) is 47.5 cm³/mol. The third-order valence-electron chi connectivity index (χ3n) is 2.38. The molecule has 1 atom stereocenters. The molecule has 1 saturated heterocycles. The lowest BCUT2D eigenvalue weighted by Crippen LogP contribution is -2.52. The van der Waals surface area contributed by atoms with Crippen LogP contribution in [0.3, 0.4) is 0 Å². The number of nitrogens with zero attached hydrogens (tertiary/aromatic N) is 1. The van der Waals surface area contributed by atoms with Crippen LogP contribution in [0.2, 0.25) is 0 Å². The van der Waals surface area contributed by atoms with Crippen molar-refractivity contribution in [3.63, 3.8) is 0 Å². The largest absolute Gasteiger partial charge is 0.492 e. The lowest BCUT2D eigenvalue weighted by molar-refractivity contribution is -0.124. The van der Waals surface area contributed by atoms with Gasteiger partial charge in [-0.2, -0.15) is 0 Å². The van der Waals surface area contributed by atoms with E-state index in [-0.39, 0.29) is 0 Å². The first-order chi connectivity index (χ1) is 6.40. The Balaban J connectivity index is 2.59. The number of carbonyl (C=O) groups excluding carboxylic acids is 1. The molecule has 82 valence electrons. The van der Waals surface area contributed by atoms with Crippen LogP contribution in [0.4, 0.5) is 12.9 Å². The summed E-state index contributed by atoms with van der Waals surface area (Å²) in [4.78, 5) is 12.0. The van der Waals surface area contributed by atoms with Gasteiger partial charge < -0.3 is 23.6 Å². The summed E-state index contributed by atoms with van der Waals surface area (Å²) >= 11 is 0. The molecule has 3 nitrogen and oxygen atoms in total. The minimum absolute atomic E-state index is 0.314. The smallest absolute Gasteiger partial charge is 0.448 e. The number of halogens is 3. The predicted octanol–water partition coefficient (Wildman–Crippen LogP) is 0.713. The molecule has 1 aliphatic heterocycles. The first-order valence-electron chi connectivity index (χ1n) is 4.64. The molecule has 1 rings (SSSR count). The van der Waals surface area contributed by atoms with E-state index in [2.05, 4.69) is 0 Å². The molecule has 1 amide bonds. The summed E-state index contributed by atoms with van der Waals surface area (Å²) in [5, 5.41) is 0. The van der Waals surface area contributed by atoms with Crippen molar-refractivity contribution < 1.29 is 17.7 Å². The molecule has 2 N–H and O–H groups in total. The molecule has 0 spiro atoms. The molecule has 1 aliphatic rings. The van der Waals surface area contributed by atoms with Crippen molar-refractivity contribution in [2.75, 3.05) is 13.0 Å². The second-order valence-electron chi connectivity index (χ2n) is 3.62. The van der Waals surface area contributed by atoms with Crippen LogP contribution in [0.25, 0.3) is 0 Å². The van der Waals surface area contributed by atoms with Crippen LogP contribution in [0.5, 0.6) is 0 Å². The molecule has 14 heavy (non-hydrogen) atoms. The molecule has 0 aromatic carbocycles. The minimum atomic E-state index is -4.87. The van der Waals surface area contributed by atoms with Crippen LogP contribution in [0.1, 0.15) is 19.3 Å². The number of likely N-dealkylation sites (tertiary alicyclic amines) is 1. The summed E-state index contributed by atoms with van der Waals surface area (Å²) in [6.45, 7) is -4.55. The van der Waals surface area contributed by atoms with Crippen molar-refractivity contribution in [2.45, 2.75) is 25.3 Å². The molecule has 1 fully saturated rings. The van der Waals surface area contributed by atoms with Crippen molar-refractivity contribution >= 4 is 12.9 Å². The Kier molecular flexibility index (Phi) is 3.41. The van der Waals surface area contributed by atoms with Gasteiger partial charge in [0.1, 0.15) is 0 Å². The average molecular weight is 209 g/mol. The highest BCUT2D eigenvalue weighted by atomic mass is 19.4. The van der Waals surface area contributed by atoms with Crippen LogP contribution >= 0.6 is 0 Å². The molecule has 0 aromatic heterocycles. The Morgan fingerprint density at radius 1 is 1.43 bits per heavy atom. The van der Waals surface area contributed by atoms with Crippen molar-refractivity contribution in [1.29, 1.82) is 0 Å². The molecule has 0 aromatic rings. The maximum absolute atomic E-state index is 12.1. The molecule has 1 heterocycles. The Bertz CT molecular complexity index is 221. The number of amides is 1. The minimum Gasteiger partial charge on any atom is -0.448 e. The van der Waals surface area contributed by atoms with Crippen LogP contribution < -0.4 is 5.73 Å². The number of primary amides is 1. The number of rotatable bonds is 3. The zero-order valence-electron chi connectivity index (χ0n) is 7.76. The molecule has 0 aliphatic carbocycles. The second-order valence-corrected chi connectivity index (χ2v) is 3.62. The van der Waals surface area contributed by atoms with Gasteiger partial charge in [-0.1, -0.05) is 6.42 Å². The van der Waals surface area contributed by atoms with E-state index in [1.165, 1.54) is 0 Å². The Labute approximate surface area is 80.5 Å². The zero-order valence-corrected chi connectivity index (χ0v) is 7.76. The van der Waals surface area contributed by atoms with Gasteiger partial charge in [0.15, 0.2) is 0 Å². The third kappa shape index (κ3) is 3.21. The highest BCUT2D eigenvalue weighted by Crippen LogP contribution is 2.20. The number of hydrogen-bond acceptors (Lipinski definition) is 2. The van der Waals surface area contributed by atoms with Gasteiger partial charge in [0.05, 0.1) is 6.04 Å². The summed E-state index contributed by atoms with van der Waals surface area (Å²) < 4.78 is 36.4. The first kappa shape index (κ1) is 11.4. The van der Waals surface area contributed by atoms with Crippen molar-refractivity contribution in [1.82, 2.24) is 4.90 Å². The van der Waals surface area contributed by atoms with Gasteiger partial charge >= 0.3 is 6.98 Å². The van der Waals surface area contributed by atoms with Crippen LogP contribution in [-0.2, 0) is 4.79 Å². The molecule has 0 radical (unpaired) electrons. The topological polar surface area (TPSA) is 46.3 Å². The van der Waals surface area contributed by atoms with Gasteiger partial charge in [0.2, 0.25) is 5.91 Å². The van der Waals surface area contributed by atoms with Gasteiger partial charge in [-0.05, 0) is 25.8 Å². The summed E-state index contributed by atoms with van der Waals surface area (Å²) in [5.74, 6) is -0.648. The van der Waals surface area contributed by atoms with Crippen LogP contribution in [0.15, 0.2) is 0 Å². The van der Waals surface area contributed by atoms with E-state index in [1.54, 1.807) is 0 Å². The summed E-state index contributed by atoms with van der Waals surface area (Å²) in [5.41, 5.74) is 5.04. The highest BCUT2D eigenvalue weighted by Gasteiger charge is 2.33. The number of carbonyl (C=O) groups is 1. The second kappa shape index (κ2) is 4.21. The van der Waals surface area contributed by atoms with Crippen molar-refractivity contribution in [3.8, 4) is 0 Å². The van der Waals surface area contributed by atoms with E-state index < -0.39 is 25.4 Å². The maximum Gasteiger partial charge on any atom is 0.492 e. The van der Waals surface area contributed by atoms with E-state index in [0.717, 1.165) is 11.3 Å². The molecule has 7 heteroatoms. The number of nitrogens with two attached hydrogens (primary N) is 1. The van der Waals surface area contributed by atoms with E-state index in [1.807, 2.05) is 0 Å². The Morgan fingerprint density at radius 3 is 2.57 bits per heavy atom. The Hall–Kier alpha value is -0.715. The first-order valence-corrected chi connectivity index (χ1v) is 4.64. The quantitative estimate of drug-likeness (QED) is 0.695. The fourth-order valence-corrected chi connectivity index (χ4v) is 1.80. The number of piperidine rings is 1. The highest BCUT2D eigenvalue weighted by molar-refractivity contribution is 6.58. The van der Waals surface area contributed by atoms with Gasteiger partial charge in [0.25, 0.3) is 0 Å². The SMILES string of the molecule is NC(=O)C1CCCCN1C[B-](F)(F)F. The molecular formula is C7H13BF3N2O-. The molecule has 0 saturated carbocycles. The zero-order chi connectivity index (χ0) is 10.8. The van der Waals surface area contributed by atoms with Crippen molar-refractivity contribution in [2.24, 2.45) is 5.73 Å². The van der Waals surface area contributed by atoms with Crippen LogP contribution in [0, 0.1) is 0 Å². The van der Waals surface area contributed by atoms with Gasteiger partial charge in [-0.15, -0.1) is 0 Å². The van der Waals surface area contributed by atoms with Gasteiger partial charge in [-0.25, -0.2) is 0 Å². The molecule has 0 bridgehead atoms. The van der Waals surface area contributed by atoms with E-state index in [4.69, 9.17) is 5.73 Å². The average Bonchev–Trinajstić information content (AvgIpc) is 2.01. The standard InChI is InChI=1S/C7H13BF3N2O/c9-8(10,11)5-13-4-2-1-3-6(13)7(12)14/h6H,1-5H2,(H2,12,14)/q-1. The van der Waals surface area contributed by atoms with Crippen molar-refractivity contribution in [3.05, 3.63) is 0 Å². The molecule has 1 unspecified atom stereocenters. The third-order valence-corrected chi connectivity index (χ3v) is 2.38. The van der Waals surface area contributed by atoms with Crippen LogP contribution in [-0.4, -0.2) is 36.8 Å². The van der Waals surface area contributed by atoms with Gasteiger partial charge in [-0.3, -0.25) is 4.79 Å².